The molecule has 2 aromatic rings. The molecular weight excluding hydrogens is 406 g/mol. The Balaban J connectivity index is 1.80. The first-order valence-electron chi connectivity index (χ1n) is 11.1. The molecule has 0 radical (unpaired) electrons. The summed E-state index contributed by atoms with van der Waals surface area (Å²) in [6.07, 6.45) is -0.487. The number of aliphatic carboxylic acids is 1. The van der Waals surface area contributed by atoms with E-state index in [1.807, 2.05) is 0 Å². The zero-order valence-corrected chi connectivity index (χ0v) is 19.7. The highest BCUT2D eigenvalue weighted by molar-refractivity contribution is 5.80. The first kappa shape index (κ1) is 25.4. The van der Waals surface area contributed by atoms with Gasteiger partial charge in [-0.3, -0.25) is 4.79 Å². The molecule has 2 aromatic carbocycles. The summed E-state index contributed by atoms with van der Waals surface area (Å²) in [6.45, 7) is 10.9. The van der Waals surface area contributed by atoms with Gasteiger partial charge in [0.15, 0.2) is 12.2 Å². The molecular formula is C26H35NO5. The van der Waals surface area contributed by atoms with Crippen molar-refractivity contribution < 1.29 is 24.2 Å². The van der Waals surface area contributed by atoms with Crippen LogP contribution in [0.2, 0.25) is 0 Å². The quantitative estimate of drug-likeness (QED) is 0.547. The number of carboxylic acid groups (broad SMARTS) is 1. The van der Waals surface area contributed by atoms with E-state index in [-0.39, 0.29) is 17.7 Å². The molecule has 0 fully saturated rings. The number of carbonyl (C=O) groups excluding carboxylic acids is 1. The van der Waals surface area contributed by atoms with Gasteiger partial charge in [0.2, 0.25) is 0 Å². The number of amides is 1. The molecule has 0 heterocycles. The lowest BCUT2D eigenvalue weighted by atomic mass is 9.86. The summed E-state index contributed by atoms with van der Waals surface area (Å²) in [5.74, 6) is -0.609. The molecule has 0 saturated heterocycles. The van der Waals surface area contributed by atoms with Gasteiger partial charge < -0.3 is 19.9 Å². The number of hydrogen-bond donors (Lipinski definition) is 2. The van der Waals surface area contributed by atoms with Crippen LogP contribution in [0, 0.1) is 0 Å². The summed E-state index contributed by atoms with van der Waals surface area (Å²) in [5, 5.41) is 12.1. The van der Waals surface area contributed by atoms with Gasteiger partial charge >= 0.3 is 5.97 Å². The molecule has 0 aliphatic heterocycles. The third kappa shape index (κ3) is 8.00. The van der Waals surface area contributed by atoms with E-state index in [0.29, 0.717) is 18.9 Å². The van der Waals surface area contributed by atoms with Crippen molar-refractivity contribution in [1.82, 2.24) is 5.32 Å². The second-order valence-corrected chi connectivity index (χ2v) is 8.88. The van der Waals surface area contributed by atoms with Crippen molar-refractivity contribution >= 4 is 11.9 Å². The van der Waals surface area contributed by atoms with Crippen LogP contribution in [0.5, 0.6) is 5.75 Å². The van der Waals surface area contributed by atoms with Crippen LogP contribution in [-0.4, -0.2) is 42.3 Å². The summed E-state index contributed by atoms with van der Waals surface area (Å²) in [5.41, 5.74) is 3.41. The van der Waals surface area contributed by atoms with E-state index in [4.69, 9.17) is 9.47 Å². The summed E-state index contributed by atoms with van der Waals surface area (Å²) >= 11 is 0. The van der Waals surface area contributed by atoms with Crippen molar-refractivity contribution in [3.05, 3.63) is 65.2 Å². The molecule has 1 amide bonds. The van der Waals surface area contributed by atoms with E-state index in [1.165, 1.54) is 11.1 Å². The van der Waals surface area contributed by atoms with E-state index in [1.54, 1.807) is 38.1 Å². The molecule has 0 aliphatic rings. The van der Waals surface area contributed by atoms with Crippen molar-refractivity contribution in [2.75, 3.05) is 13.2 Å². The smallest absolute Gasteiger partial charge is 0.333 e. The number of rotatable bonds is 11. The van der Waals surface area contributed by atoms with Gasteiger partial charge in [-0.25, -0.2) is 4.79 Å². The molecule has 6 heteroatoms. The zero-order valence-electron chi connectivity index (χ0n) is 19.7. The average molecular weight is 442 g/mol. The van der Waals surface area contributed by atoms with Crippen LogP contribution in [0.1, 0.15) is 51.3 Å². The largest absolute Gasteiger partial charge is 0.481 e. The first-order valence-corrected chi connectivity index (χ1v) is 11.1. The van der Waals surface area contributed by atoms with Crippen LogP contribution >= 0.6 is 0 Å². The summed E-state index contributed by atoms with van der Waals surface area (Å²) in [7, 11) is 0. The number of carbonyl (C=O) groups is 2. The number of nitrogens with one attached hydrogen (secondary N) is 1. The fraction of sp³-hybridized carbons (Fsp3) is 0.462. The van der Waals surface area contributed by atoms with Crippen LogP contribution < -0.4 is 10.1 Å². The van der Waals surface area contributed by atoms with E-state index >= 15 is 0 Å². The highest BCUT2D eigenvalue weighted by Crippen LogP contribution is 2.22. The minimum atomic E-state index is -0.984. The molecule has 2 N–H and O–H groups in total. The summed E-state index contributed by atoms with van der Waals surface area (Å²) in [4.78, 5) is 23.6. The number of carboxylic acids is 1. The standard InChI is InChI=1S/C26H35NO5/c1-6-31-23(25(29)30)17-20-9-13-22(14-10-20)32-18(2)24(28)27-16-15-19-7-11-21(12-8-19)26(3,4)5/h7-14,18,23H,6,15-17H2,1-5H3,(H,27,28)(H,29,30)/t18?,23-/m1/s1. The topological polar surface area (TPSA) is 84.9 Å². The van der Waals surface area contributed by atoms with Crippen molar-refractivity contribution in [2.45, 2.75) is 65.1 Å². The van der Waals surface area contributed by atoms with Gasteiger partial charge in [0.05, 0.1) is 0 Å². The predicted molar refractivity (Wildman–Crippen MR) is 125 cm³/mol. The van der Waals surface area contributed by atoms with Crippen LogP contribution in [0.15, 0.2) is 48.5 Å². The second-order valence-electron chi connectivity index (χ2n) is 8.88. The molecule has 0 saturated carbocycles. The van der Waals surface area contributed by atoms with Gasteiger partial charge in [0, 0.05) is 19.6 Å². The molecule has 2 rings (SSSR count). The van der Waals surface area contributed by atoms with Gasteiger partial charge in [0.25, 0.3) is 5.91 Å². The van der Waals surface area contributed by atoms with E-state index in [9.17, 15) is 14.7 Å². The lowest BCUT2D eigenvalue weighted by Gasteiger charge is -2.19. The normalized spacial score (nSPS) is 13.3. The molecule has 174 valence electrons. The number of benzene rings is 2. The van der Waals surface area contributed by atoms with Crippen LogP contribution in [-0.2, 0) is 32.6 Å². The molecule has 2 atom stereocenters. The van der Waals surface area contributed by atoms with Gasteiger partial charge in [-0.15, -0.1) is 0 Å². The fourth-order valence-corrected chi connectivity index (χ4v) is 3.24. The molecule has 0 bridgehead atoms. The van der Waals surface area contributed by atoms with E-state index in [0.717, 1.165) is 12.0 Å². The van der Waals surface area contributed by atoms with Gasteiger partial charge in [-0.2, -0.15) is 0 Å². The van der Waals surface area contributed by atoms with Gasteiger partial charge in [-0.1, -0.05) is 57.2 Å². The average Bonchev–Trinajstić information content (AvgIpc) is 2.74. The van der Waals surface area contributed by atoms with Crippen molar-refractivity contribution in [2.24, 2.45) is 0 Å². The lowest BCUT2D eigenvalue weighted by molar-refractivity contribution is -0.150. The third-order valence-corrected chi connectivity index (χ3v) is 5.20. The summed E-state index contributed by atoms with van der Waals surface area (Å²) < 4.78 is 11.0. The Kier molecular flexibility index (Phi) is 9.27. The molecule has 1 unspecified atom stereocenters. The zero-order chi connectivity index (χ0) is 23.7. The predicted octanol–water partition coefficient (Wildman–Crippen LogP) is 4.14. The highest BCUT2D eigenvalue weighted by Gasteiger charge is 2.19. The fourth-order valence-electron chi connectivity index (χ4n) is 3.24. The number of hydrogen-bond acceptors (Lipinski definition) is 4. The monoisotopic (exact) mass is 441 g/mol. The van der Waals surface area contributed by atoms with Crippen LogP contribution in [0.4, 0.5) is 0 Å². The van der Waals surface area contributed by atoms with Gasteiger partial charge in [-0.05, 0) is 54.5 Å². The minimum Gasteiger partial charge on any atom is -0.481 e. The lowest BCUT2D eigenvalue weighted by Crippen LogP contribution is -2.37. The Morgan fingerprint density at radius 2 is 1.59 bits per heavy atom. The van der Waals surface area contributed by atoms with E-state index < -0.39 is 18.2 Å². The van der Waals surface area contributed by atoms with Gasteiger partial charge in [0.1, 0.15) is 5.75 Å². The minimum absolute atomic E-state index is 0.124. The van der Waals surface area contributed by atoms with Crippen molar-refractivity contribution in [3.8, 4) is 5.75 Å². The van der Waals surface area contributed by atoms with Crippen LogP contribution in [0.25, 0.3) is 0 Å². The molecule has 0 spiro atoms. The van der Waals surface area contributed by atoms with Crippen molar-refractivity contribution in [3.63, 3.8) is 0 Å². The Morgan fingerprint density at radius 3 is 2.12 bits per heavy atom. The molecule has 6 nitrogen and oxygen atoms in total. The van der Waals surface area contributed by atoms with Crippen LogP contribution in [0.3, 0.4) is 0 Å². The molecule has 0 aromatic heterocycles. The maximum atomic E-state index is 12.4. The summed E-state index contributed by atoms with van der Waals surface area (Å²) in [6, 6.07) is 15.5. The van der Waals surface area contributed by atoms with E-state index in [2.05, 4.69) is 50.4 Å². The SMILES string of the molecule is CCO[C@H](Cc1ccc(OC(C)C(=O)NCCc2ccc(C(C)(C)C)cc2)cc1)C(=O)O. The Labute approximate surface area is 190 Å². The first-order chi connectivity index (χ1) is 15.1. The maximum Gasteiger partial charge on any atom is 0.333 e. The second kappa shape index (κ2) is 11.7. The third-order valence-electron chi connectivity index (χ3n) is 5.20. The maximum absolute atomic E-state index is 12.4. The highest BCUT2D eigenvalue weighted by atomic mass is 16.5. The van der Waals surface area contributed by atoms with Crippen molar-refractivity contribution in [1.29, 1.82) is 0 Å². The molecule has 32 heavy (non-hydrogen) atoms. The molecule has 0 aliphatic carbocycles. The number of ether oxygens (including phenoxy) is 2. The Hall–Kier alpha value is -2.86. The Morgan fingerprint density at radius 1 is 1.00 bits per heavy atom. The Bertz CT molecular complexity index is 869.